The summed E-state index contributed by atoms with van der Waals surface area (Å²) in [4.78, 5) is 50.6. The molecule has 18 rings (SSSR count). The predicted octanol–water partition coefficient (Wildman–Crippen LogP) is 22.5. The van der Waals surface area contributed by atoms with Gasteiger partial charge < -0.3 is 28.6 Å². The van der Waals surface area contributed by atoms with Crippen molar-refractivity contribution in [3.05, 3.63) is 130 Å². The number of carboxylic acids is 1. The lowest BCUT2D eigenvalue weighted by Gasteiger charge is -2.32. The van der Waals surface area contributed by atoms with Crippen molar-refractivity contribution in [2.24, 2.45) is 17.8 Å². The Kier molecular flexibility index (Phi) is 38.3. The number of imidazole rings is 3. The fraction of sp³-hybridized carbons (Fsp3) is 0.659. The Hall–Kier alpha value is -5.94. The van der Waals surface area contributed by atoms with E-state index >= 15 is 0 Å². The molecule has 2 saturated heterocycles. The minimum absolute atomic E-state index is 0. The highest BCUT2D eigenvalue weighted by Gasteiger charge is 2.52. The molecule has 0 radical (unpaired) electrons. The number of carboxylic acid groups (broad SMARTS) is 1. The number of carbonyl (C=O) groups is 2. The zero-order chi connectivity index (χ0) is 72.4. The number of rotatable bonds is 9. The standard InChI is InChI=1S/C20H25N3O.C20H23N3O.C15H16BrN3.C11H19BO3.C10H18O2S.C7H12O2.8CH4/c2*1-2-4-15(5-3-1)18-13-23-19(22-18)12-21-17-7-6-16(20(17)23)14-8-10-24-11-9-14;16-11-6-7-12-15(11)19-9-13(18-14(19)8-17-12)10-4-2-1-3-5-10;1-10(2)11(3,4)15-12(14-10)9-5-7-13-8-6-9;1-13(2,12)8-10(11)9-6-4-3-5-7-9;8-7(9)6-4-2-1-3-5-6;;;;;;;;/h6,12-15H,1-5,7-11H2;6,8,12-13,15H,1-5,7,9-11H2;6,8-10H,1-5,7H2;5H,6-8H2,1-4H3;8-9H,3-7H2,1-2H3;6H,1-5H2,(H,8,9);8*1H4. The first-order valence-electron chi connectivity index (χ1n) is 39.7. The van der Waals surface area contributed by atoms with E-state index in [2.05, 4.69) is 111 Å². The number of aliphatic carboxylic acids is 1. The maximum Gasteiger partial charge on any atom is 0.490 e. The van der Waals surface area contributed by atoms with Gasteiger partial charge in [0.05, 0.1) is 113 Å². The first-order chi connectivity index (χ1) is 50.3. The second-order valence-electron chi connectivity index (χ2n) is 32.3. The van der Waals surface area contributed by atoms with Gasteiger partial charge in [0.25, 0.3) is 0 Å². The third-order valence-electron chi connectivity index (χ3n) is 24.0. The van der Waals surface area contributed by atoms with E-state index in [1.165, 1.54) is 182 Å². The molecule has 21 heteroatoms. The molecule has 624 valence electrons. The molecule has 18 nitrogen and oxygen atoms in total. The van der Waals surface area contributed by atoms with Crippen LogP contribution in [-0.4, -0.2) is 140 Å². The van der Waals surface area contributed by atoms with Crippen LogP contribution in [0.2, 0.25) is 0 Å². The third kappa shape index (κ3) is 23.7. The van der Waals surface area contributed by atoms with Crippen LogP contribution in [0.5, 0.6) is 0 Å². The van der Waals surface area contributed by atoms with Gasteiger partial charge in [-0.15, -0.1) is 0 Å². The molecule has 6 aromatic heterocycles. The van der Waals surface area contributed by atoms with Crippen LogP contribution in [0.1, 0.15) is 342 Å². The van der Waals surface area contributed by atoms with E-state index in [0.29, 0.717) is 30.3 Å². The minimum Gasteiger partial charge on any atom is -0.481 e. The largest absolute Gasteiger partial charge is 0.490 e. The highest BCUT2D eigenvalue weighted by atomic mass is 79.9. The molecule has 0 spiro atoms. The number of aromatic nitrogens is 9. The summed E-state index contributed by atoms with van der Waals surface area (Å²) in [5.41, 5.74) is 19.1. The van der Waals surface area contributed by atoms with E-state index in [1.807, 2.05) is 18.6 Å². The molecule has 7 fully saturated rings. The van der Waals surface area contributed by atoms with E-state index in [1.54, 1.807) is 12.5 Å². The molecule has 4 aliphatic heterocycles. The summed E-state index contributed by atoms with van der Waals surface area (Å²) >= 11 is 3.64. The first kappa shape index (κ1) is 96.6. The van der Waals surface area contributed by atoms with Crippen LogP contribution < -0.4 is 0 Å². The highest BCUT2D eigenvalue weighted by Crippen LogP contribution is 2.43. The van der Waals surface area contributed by atoms with Crippen LogP contribution in [0.4, 0.5) is 0 Å². The van der Waals surface area contributed by atoms with Gasteiger partial charge in [0.15, 0.2) is 22.7 Å². The van der Waals surface area contributed by atoms with Crippen molar-refractivity contribution in [3.8, 4) is 0 Å². The number of hydrogen-bond donors (Lipinski definition) is 1. The van der Waals surface area contributed by atoms with Crippen molar-refractivity contribution >= 4 is 82.3 Å². The molecule has 5 saturated carbocycles. The highest BCUT2D eigenvalue weighted by molar-refractivity contribution is 9.15. The number of hydrogen-bond acceptors (Lipinski definition) is 14. The van der Waals surface area contributed by atoms with Gasteiger partial charge >= 0.3 is 13.1 Å². The fourth-order valence-corrected chi connectivity index (χ4v) is 18.6. The Balaban J connectivity index is 0.000000243. The van der Waals surface area contributed by atoms with Gasteiger partial charge in [0.2, 0.25) is 0 Å². The predicted molar refractivity (Wildman–Crippen MR) is 473 cm³/mol. The molecule has 0 amide bonds. The van der Waals surface area contributed by atoms with Crippen molar-refractivity contribution in [2.45, 2.75) is 322 Å². The van der Waals surface area contributed by atoms with Gasteiger partial charge in [-0.2, -0.15) is 0 Å². The third-order valence-corrected chi connectivity index (χ3v) is 25.5. The summed E-state index contributed by atoms with van der Waals surface area (Å²) in [5, 5.41) is 9.97. The average Bonchev–Trinajstić information content (AvgIpc) is 1.60. The number of halogens is 1. The Morgan fingerprint density at radius 1 is 0.482 bits per heavy atom. The van der Waals surface area contributed by atoms with Crippen molar-refractivity contribution in [1.82, 2.24) is 43.1 Å². The smallest absolute Gasteiger partial charge is 0.481 e. The molecule has 8 aliphatic carbocycles. The molecule has 12 aliphatic rings. The number of Topliss-reactive ketones (excluding diaryl/α,β-unsaturated/α-hetero) is 1. The molecule has 0 unspecified atom stereocenters. The fourth-order valence-electron chi connectivity index (χ4n) is 17.3. The van der Waals surface area contributed by atoms with E-state index in [0.717, 1.165) is 156 Å². The zero-order valence-electron chi connectivity index (χ0n) is 62.9. The molecule has 10 heterocycles. The summed E-state index contributed by atoms with van der Waals surface area (Å²) in [5.74, 6) is 2.18. The van der Waals surface area contributed by atoms with Crippen LogP contribution in [0.3, 0.4) is 0 Å². The molecule has 0 bridgehead atoms. The van der Waals surface area contributed by atoms with Gasteiger partial charge in [-0.05, 0) is 171 Å². The zero-order valence-corrected chi connectivity index (χ0v) is 65.3. The van der Waals surface area contributed by atoms with Gasteiger partial charge in [-0.25, -0.2) is 15.0 Å². The maximum atomic E-state index is 11.6. The van der Waals surface area contributed by atoms with Crippen molar-refractivity contribution in [1.29, 1.82) is 0 Å². The van der Waals surface area contributed by atoms with E-state index < -0.39 is 15.5 Å². The van der Waals surface area contributed by atoms with Gasteiger partial charge in [-0.1, -0.05) is 186 Å². The summed E-state index contributed by atoms with van der Waals surface area (Å²) in [6.45, 7) is 13.1. The Morgan fingerprint density at radius 2 is 0.884 bits per heavy atom. The van der Waals surface area contributed by atoms with Crippen LogP contribution in [-0.2, 0) is 61.9 Å². The van der Waals surface area contributed by atoms with E-state index in [9.17, 15) is 13.8 Å². The lowest BCUT2D eigenvalue weighted by atomic mass is 9.75. The second kappa shape index (κ2) is 44.4. The summed E-state index contributed by atoms with van der Waals surface area (Å²) in [6, 6.07) is 0. The summed E-state index contributed by atoms with van der Waals surface area (Å²) in [7, 11) is -2.18. The quantitative estimate of drug-likeness (QED) is 0.105. The average molecular weight is 1630 g/mol. The number of nitrogens with zero attached hydrogens (tertiary/aromatic N) is 9. The molecular weight excluding hydrogens is 1490 g/mol. The lowest BCUT2D eigenvalue weighted by Crippen LogP contribution is -2.41. The van der Waals surface area contributed by atoms with E-state index in [4.69, 9.17) is 53.5 Å². The lowest BCUT2D eigenvalue weighted by molar-refractivity contribution is -0.142. The SMILES string of the molecule is BrC1=CCc2ncc3nc(C4CCCCC4)cn3c21.C.C.C.C.C.C.C.C.C1=C(C2=CCc3ncc4nc(C5CCCCC5)cn4c32)CCOC1.C1=C(C2CCOCC2)c2c(ncc3nc(C4CCCCC4)cn23)C1.CC1(C)OB(C2=CCOCC2)OC1(C)C.CS(C)(=O)=CC(=O)C1CCCCC1.O=C(O)C1CCCCC1. The summed E-state index contributed by atoms with van der Waals surface area (Å²) < 4.78 is 47.6. The Morgan fingerprint density at radius 3 is 1.31 bits per heavy atom. The number of fused-ring (bicyclic) bond motifs is 9. The van der Waals surface area contributed by atoms with Crippen molar-refractivity contribution in [2.75, 3.05) is 52.2 Å². The van der Waals surface area contributed by atoms with Crippen LogP contribution in [0, 0.1) is 17.8 Å². The van der Waals surface area contributed by atoms with E-state index in [-0.39, 0.29) is 95.4 Å². The van der Waals surface area contributed by atoms with Crippen molar-refractivity contribution < 1.29 is 42.4 Å². The number of ether oxygens (including phenoxy) is 3. The second-order valence-corrected chi connectivity index (χ2v) is 36.0. The number of ketones is 1. The van der Waals surface area contributed by atoms with Crippen LogP contribution in [0.25, 0.3) is 32.6 Å². The molecule has 0 aromatic carbocycles. The topological polar surface area (TPSA) is 208 Å². The molecule has 0 atom stereocenters. The van der Waals surface area contributed by atoms with Gasteiger partial charge in [0, 0.05) is 97.1 Å². The Bertz CT molecular complexity index is 4270. The Labute approximate surface area is 684 Å². The molecule has 112 heavy (non-hydrogen) atoms. The van der Waals surface area contributed by atoms with Crippen LogP contribution >= 0.6 is 15.9 Å². The minimum atomic E-state index is -2.00. The monoisotopic (exact) mass is 1630 g/mol. The number of carbonyl (C=O) groups excluding carboxylic acids is 1. The molecule has 1 N–H and O–H groups in total. The maximum absolute atomic E-state index is 11.6. The van der Waals surface area contributed by atoms with Crippen molar-refractivity contribution in [3.63, 3.8) is 0 Å². The van der Waals surface area contributed by atoms with Gasteiger partial charge in [-0.3, -0.25) is 42.0 Å². The number of allylic oxidation sites excluding steroid dienone is 5. The molecular formula is C91H145BBrN9O9S. The summed E-state index contributed by atoms with van der Waals surface area (Å²) in [6.07, 6.45) is 64.8. The normalized spacial score (nSPS) is 20.8. The van der Waals surface area contributed by atoms with Gasteiger partial charge in [0.1, 0.15) is 0 Å². The van der Waals surface area contributed by atoms with Crippen LogP contribution in [0.15, 0.2) is 78.6 Å². The first-order valence-corrected chi connectivity index (χ1v) is 43.0. The molecule has 6 aromatic rings.